The Morgan fingerprint density at radius 3 is 2.75 bits per heavy atom. The number of thiophene rings is 1. The second kappa shape index (κ2) is 6.10. The lowest BCUT2D eigenvalue weighted by Crippen LogP contribution is -2.35. The molecule has 108 valence electrons. The number of anilines is 1. The van der Waals surface area contributed by atoms with E-state index >= 15 is 0 Å². The van der Waals surface area contributed by atoms with Gasteiger partial charge in [-0.15, -0.1) is 11.3 Å². The van der Waals surface area contributed by atoms with E-state index in [1.54, 1.807) is 28.3 Å². The average Bonchev–Trinajstić information content (AvgIpc) is 2.76. The SMILES string of the molecule is CC(C)(C)n1ccnc(NCCc2ccc(Br)s2)c1=O. The molecule has 0 saturated carbocycles. The number of hydrogen-bond donors (Lipinski definition) is 1. The minimum Gasteiger partial charge on any atom is -0.365 e. The molecule has 0 spiro atoms. The van der Waals surface area contributed by atoms with Gasteiger partial charge in [-0.1, -0.05) is 0 Å². The fraction of sp³-hybridized carbons (Fsp3) is 0.429. The summed E-state index contributed by atoms with van der Waals surface area (Å²) in [5.41, 5.74) is -0.318. The van der Waals surface area contributed by atoms with Crippen LogP contribution < -0.4 is 10.9 Å². The van der Waals surface area contributed by atoms with E-state index in [0.717, 1.165) is 10.2 Å². The second-order valence-electron chi connectivity index (χ2n) is 5.50. The molecular formula is C14H18BrN3OS. The van der Waals surface area contributed by atoms with E-state index < -0.39 is 0 Å². The Balaban J connectivity index is 2.05. The van der Waals surface area contributed by atoms with Gasteiger partial charge in [0.1, 0.15) is 0 Å². The first-order valence-electron chi connectivity index (χ1n) is 6.44. The number of halogens is 1. The lowest BCUT2D eigenvalue weighted by atomic mass is 10.1. The fourth-order valence-electron chi connectivity index (χ4n) is 1.85. The molecule has 0 bridgehead atoms. The van der Waals surface area contributed by atoms with E-state index in [2.05, 4.69) is 32.3 Å². The van der Waals surface area contributed by atoms with Crippen LogP contribution in [0.15, 0.2) is 33.1 Å². The van der Waals surface area contributed by atoms with Crippen molar-refractivity contribution in [2.24, 2.45) is 0 Å². The van der Waals surface area contributed by atoms with Crippen LogP contribution in [-0.4, -0.2) is 16.1 Å². The summed E-state index contributed by atoms with van der Waals surface area (Å²) in [5, 5.41) is 3.13. The van der Waals surface area contributed by atoms with Gasteiger partial charge in [-0.3, -0.25) is 4.79 Å². The van der Waals surface area contributed by atoms with E-state index in [9.17, 15) is 4.79 Å². The summed E-state index contributed by atoms with van der Waals surface area (Å²) in [5.74, 6) is 0.415. The molecule has 0 saturated heterocycles. The molecule has 0 aliphatic carbocycles. The summed E-state index contributed by atoms with van der Waals surface area (Å²) in [4.78, 5) is 17.7. The molecule has 0 fully saturated rings. The summed E-state index contributed by atoms with van der Waals surface area (Å²) in [6, 6.07) is 4.12. The van der Waals surface area contributed by atoms with Crippen LogP contribution in [0, 0.1) is 0 Å². The average molecular weight is 356 g/mol. The molecular weight excluding hydrogens is 338 g/mol. The quantitative estimate of drug-likeness (QED) is 0.913. The Bertz CT molecular complexity index is 642. The van der Waals surface area contributed by atoms with Crippen molar-refractivity contribution in [3.63, 3.8) is 0 Å². The van der Waals surface area contributed by atoms with E-state index in [-0.39, 0.29) is 11.1 Å². The van der Waals surface area contributed by atoms with E-state index in [1.807, 2.05) is 26.8 Å². The van der Waals surface area contributed by atoms with Gasteiger partial charge in [-0.05, 0) is 55.3 Å². The highest BCUT2D eigenvalue weighted by molar-refractivity contribution is 9.11. The van der Waals surface area contributed by atoms with Crippen LogP contribution in [0.5, 0.6) is 0 Å². The van der Waals surface area contributed by atoms with Crippen LogP contribution in [-0.2, 0) is 12.0 Å². The molecule has 0 aromatic carbocycles. The van der Waals surface area contributed by atoms with Crippen molar-refractivity contribution in [2.75, 3.05) is 11.9 Å². The maximum absolute atomic E-state index is 12.3. The minimum absolute atomic E-state index is 0.0765. The molecule has 0 aliphatic heterocycles. The fourth-order valence-corrected chi connectivity index (χ4v) is 3.33. The summed E-state index contributed by atoms with van der Waals surface area (Å²) in [6.07, 6.45) is 4.27. The summed E-state index contributed by atoms with van der Waals surface area (Å²) in [7, 11) is 0. The van der Waals surface area contributed by atoms with Gasteiger partial charge in [-0.25, -0.2) is 4.98 Å². The lowest BCUT2D eigenvalue weighted by Gasteiger charge is -2.22. The molecule has 2 aromatic rings. The smallest absolute Gasteiger partial charge is 0.293 e. The van der Waals surface area contributed by atoms with Crippen LogP contribution in [0.2, 0.25) is 0 Å². The molecule has 20 heavy (non-hydrogen) atoms. The number of nitrogens with one attached hydrogen (secondary N) is 1. The highest BCUT2D eigenvalue weighted by atomic mass is 79.9. The first-order chi connectivity index (χ1) is 9.38. The summed E-state index contributed by atoms with van der Waals surface area (Å²) >= 11 is 5.15. The van der Waals surface area contributed by atoms with Crippen molar-refractivity contribution < 1.29 is 0 Å². The Morgan fingerprint density at radius 2 is 2.15 bits per heavy atom. The molecule has 2 rings (SSSR count). The second-order valence-corrected chi connectivity index (χ2v) is 8.05. The first-order valence-corrected chi connectivity index (χ1v) is 8.05. The number of nitrogens with zero attached hydrogens (tertiary/aromatic N) is 2. The van der Waals surface area contributed by atoms with Gasteiger partial charge < -0.3 is 9.88 Å². The van der Waals surface area contributed by atoms with E-state index in [0.29, 0.717) is 12.4 Å². The molecule has 4 nitrogen and oxygen atoms in total. The molecule has 2 heterocycles. The van der Waals surface area contributed by atoms with Crippen molar-refractivity contribution in [3.05, 3.63) is 43.5 Å². The topological polar surface area (TPSA) is 46.9 Å². The predicted octanol–water partition coefficient (Wildman–Crippen LogP) is 3.48. The Hall–Kier alpha value is -1.14. The Morgan fingerprint density at radius 1 is 1.40 bits per heavy atom. The van der Waals surface area contributed by atoms with Crippen LogP contribution in [0.4, 0.5) is 5.82 Å². The van der Waals surface area contributed by atoms with Gasteiger partial charge in [0, 0.05) is 29.4 Å². The van der Waals surface area contributed by atoms with Crippen LogP contribution in [0.3, 0.4) is 0 Å². The molecule has 0 atom stereocenters. The molecule has 6 heteroatoms. The molecule has 0 radical (unpaired) electrons. The molecule has 0 unspecified atom stereocenters. The van der Waals surface area contributed by atoms with Crippen molar-refractivity contribution >= 4 is 33.1 Å². The van der Waals surface area contributed by atoms with Gasteiger partial charge in [0.2, 0.25) is 0 Å². The summed E-state index contributed by atoms with van der Waals surface area (Å²) < 4.78 is 2.82. The Kier molecular flexibility index (Phi) is 4.65. The molecule has 0 aliphatic rings. The van der Waals surface area contributed by atoms with Crippen LogP contribution in [0.25, 0.3) is 0 Å². The first kappa shape index (κ1) is 15.3. The van der Waals surface area contributed by atoms with Crippen molar-refractivity contribution in [2.45, 2.75) is 32.7 Å². The van der Waals surface area contributed by atoms with Gasteiger partial charge in [0.05, 0.1) is 3.79 Å². The zero-order valence-electron chi connectivity index (χ0n) is 11.8. The maximum Gasteiger partial charge on any atom is 0.293 e. The zero-order valence-corrected chi connectivity index (χ0v) is 14.2. The van der Waals surface area contributed by atoms with Gasteiger partial charge in [0.25, 0.3) is 5.56 Å². The molecule has 2 aromatic heterocycles. The van der Waals surface area contributed by atoms with Crippen molar-refractivity contribution in [3.8, 4) is 0 Å². The molecule has 0 amide bonds. The molecule has 1 N–H and O–H groups in total. The van der Waals surface area contributed by atoms with Crippen LogP contribution >= 0.6 is 27.3 Å². The number of aromatic nitrogens is 2. The highest BCUT2D eigenvalue weighted by Gasteiger charge is 2.16. The normalized spacial score (nSPS) is 11.6. The summed E-state index contributed by atoms with van der Waals surface area (Å²) in [6.45, 7) is 6.70. The van der Waals surface area contributed by atoms with E-state index in [4.69, 9.17) is 0 Å². The third-order valence-electron chi connectivity index (χ3n) is 2.86. The maximum atomic E-state index is 12.3. The third-order valence-corrected chi connectivity index (χ3v) is 4.54. The highest BCUT2D eigenvalue weighted by Crippen LogP contribution is 2.22. The zero-order chi connectivity index (χ0) is 14.8. The number of hydrogen-bond acceptors (Lipinski definition) is 4. The Labute approximate surface area is 131 Å². The predicted molar refractivity (Wildman–Crippen MR) is 87.7 cm³/mol. The third kappa shape index (κ3) is 3.70. The minimum atomic E-state index is -0.241. The van der Waals surface area contributed by atoms with E-state index in [1.165, 1.54) is 4.88 Å². The lowest BCUT2D eigenvalue weighted by molar-refractivity contribution is 0.383. The van der Waals surface area contributed by atoms with Gasteiger partial charge >= 0.3 is 0 Å². The monoisotopic (exact) mass is 355 g/mol. The van der Waals surface area contributed by atoms with Crippen molar-refractivity contribution in [1.29, 1.82) is 0 Å². The van der Waals surface area contributed by atoms with Gasteiger partial charge in [-0.2, -0.15) is 0 Å². The number of rotatable bonds is 4. The largest absolute Gasteiger partial charge is 0.365 e. The van der Waals surface area contributed by atoms with Crippen LogP contribution in [0.1, 0.15) is 25.6 Å². The standard InChI is InChI=1S/C14H18BrN3OS/c1-14(2,3)18-9-8-17-12(13(18)19)16-7-6-10-4-5-11(15)20-10/h4-5,8-9H,6-7H2,1-3H3,(H,16,17). The van der Waals surface area contributed by atoms with Crippen molar-refractivity contribution in [1.82, 2.24) is 9.55 Å². The van der Waals surface area contributed by atoms with Gasteiger partial charge in [0.15, 0.2) is 5.82 Å².